The summed E-state index contributed by atoms with van der Waals surface area (Å²) >= 11 is 0. The topological polar surface area (TPSA) is 38.0 Å². The number of benzene rings is 1. The molecule has 3 N–H and O–H groups in total. The molecule has 0 heterocycles. The van der Waals surface area contributed by atoms with Gasteiger partial charge in [0.05, 0.1) is 0 Å². The van der Waals surface area contributed by atoms with E-state index in [0.29, 0.717) is 0 Å². The van der Waals surface area contributed by atoms with Gasteiger partial charge >= 0.3 is 0 Å². The molecule has 0 amide bonds. The molecular weight excluding hydrogens is 196 g/mol. The Labute approximate surface area is 99.6 Å². The van der Waals surface area contributed by atoms with Crippen molar-refractivity contribution >= 4 is 0 Å². The summed E-state index contributed by atoms with van der Waals surface area (Å²) in [6, 6.07) is 8.83. The zero-order chi connectivity index (χ0) is 12.4. The monoisotopic (exact) mass is 220 g/mol. The van der Waals surface area contributed by atoms with E-state index in [1.54, 1.807) is 0 Å². The lowest BCUT2D eigenvalue weighted by Crippen LogP contribution is -2.03. The fraction of sp³-hybridized carbons (Fsp3) is 0.429. The van der Waals surface area contributed by atoms with Crippen LogP contribution in [0.4, 0.5) is 0 Å². The van der Waals surface area contributed by atoms with Crippen LogP contribution in [0.5, 0.6) is 0 Å². The van der Waals surface area contributed by atoms with Gasteiger partial charge in [0, 0.05) is 18.9 Å². The van der Waals surface area contributed by atoms with E-state index in [1.807, 2.05) is 14.0 Å². The highest BCUT2D eigenvalue weighted by atomic mass is 14.8. The van der Waals surface area contributed by atoms with Crippen molar-refractivity contribution in [3.8, 4) is 0 Å². The highest BCUT2D eigenvalue weighted by Gasteiger charge is 1.88. The second kappa shape index (κ2) is 8.84. The number of hydrogen-bond donors (Lipinski definition) is 2. The van der Waals surface area contributed by atoms with Gasteiger partial charge in [-0.15, -0.1) is 0 Å². The molecule has 0 unspecified atom stereocenters. The molecule has 16 heavy (non-hydrogen) atoms. The number of nitrogens with two attached hydrogens (primary N) is 1. The van der Waals surface area contributed by atoms with Crippen LogP contribution in [-0.4, -0.2) is 7.05 Å². The Bertz CT molecular complexity index is 276. The van der Waals surface area contributed by atoms with Gasteiger partial charge in [-0.1, -0.05) is 38.1 Å². The van der Waals surface area contributed by atoms with E-state index in [0.717, 1.165) is 18.5 Å². The second-order valence-electron chi connectivity index (χ2n) is 3.62. The molecular formula is C14H24N2. The molecule has 1 rings (SSSR count). The van der Waals surface area contributed by atoms with Crippen molar-refractivity contribution in [1.82, 2.24) is 5.32 Å². The average molecular weight is 220 g/mol. The second-order valence-corrected chi connectivity index (χ2v) is 3.62. The van der Waals surface area contributed by atoms with Crippen LogP contribution in [0.2, 0.25) is 0 Å². The predicted octanol–water partition coefficient (Wildman–Crippen LogP) is 2.84. The molecule has 0 fully saturated rings. The Hall–Kier alpha value is -1.44. The molecule has 0 atom stereocenters. The summed E-state index contributed by atoms with van der Waals surface area (Å²) in [4.78, 5) is 0. The third kappa shape index (κ3) is 6.12. The van der Waals surface area contributed by atoms with Crippen molar-refractivity contribution in [2.75, 3.05) is 7.05 Å². The number of rotatable bonds is 3. The average Bonchev–Trinajstić information content (AvgIpc) is 2.38. The van der Waals surface area contributed by atoms with Gasteiger partial charge in [-0.2, -0.15) is 0 Å². The van der Waals surface area contributed by atoms with E-state index in [-0.39, 0.29) is 0 Å². The van der Waals surface area contributed by atoms with Crippen LogP contribution in [0.15, 0.2) is 36.2 Å². The normalized spacial score (nSPS) is 10.4. The first-order valence-electron chi connectivity index (χ1n) is 5.81. The maximum absolute atomic E-state index is 5.06. The van der Waals surface area contributed by atoms with Crippen molar-refractivity contribution < 1.29 is 0 Å². The molecule has 1 aromatic carbocycles. The van der Waals surface area contributed by atoms with E-state index < -0.39 is 0 Å². The van der Waals surface area contributed by atoms with Crippen LogP contribution < -0.4 is 11.1 Å². The van der Waals surface area contributed by atoms with Crippen molar-refractivity contribution in [2.24, 2.45) is 5.73 Å². The van der Waals surface area contributed by atoms with Crippen molar-refractivity contribution in [2.45, 2.75) is 33.6 Å². The van der Waals surface area contributed by atoms with Gasteiger partial charge in [-0.3, -0.25) is 0 Å². The third-order valence-electron chi connectivity index (χ3n) is 2.48. The Morgan fingerprint density at radius 3 is 1.62 bits per heavy atom. The summed E-state index contributed by atoms with van der Waals surface area (Å²) in [5.41, 5.74) is 8.91. The van der Waals surface area contributed by atoms with E-state index >= 15 is 0 Å². The van der Waals surface area contributed by atoms with Crippen molar-refractivity contribution in [1.29, 1.82) is 0 Å². The minimum absolute atomic E-state index is 0.995. The van der Waals surface area contributed by atoms with Crippen LogP contribution in [0, 0.1) is 0 Å². The molecule has 2 heteroatoms. The minimum atomic E-state index is 0.995. The quantitative estimate of drug-likeness (QED) is 0.822. The molecule has 2 nitrogen and oxygen atoms in total. The Balaban J connectivity index is 0.000000325. The van der Waals surface area contributed by atoms with Gasteiger partial charge in [-0.25, -0.2) is 0 Å². The molecule has 0 aromatic heterocycles. The van der Waals surface area contributed by atoms with E-state index in [2.05, 4.69) is 43.4 Å². The van der Waals surface area contributed by atoms with Crippen LogP contribution >= 0.6 is 0 Å². The zero-order valence-electron chi connectivity index (χ0n) is 10.9. The summed E-state index contributed by atoms with van der Waals surface area (Å²) < 4.78 is 0. The van der Waals surface area contributed by atoms with Gasteiger partial charge in [0.2, 0.25) is 0 Å². The highest BCUT2D eigenvalue weighted by Crippen LogP contribution is 2.04. The molecule has 1 aromatic rings. The van der Waals surface area contributed by atoms with Gasteiger partial charge in [0.1, 0.15) is 0 Å². The van der Waals surface area contributed by atoms with E-state index in [9.17, 15) is 0 Å². The fourth-order valence-electron chi connectivity index (χ4n) is 1.09. The molecule has 0 saturated carbocycles. The van der Waals surface area contributed by atoms with Crippen LogP contribution in [0.3, 0.4) is 0 Å². The number of allylic oxidation sites excluding steroid dienone is 1. The molecule has 0 aliphatic heterocycles. The number of aryl methyl sites for hydroxylation is 2. The van der Waals surface area contributed by atoms with Crippen molar-refractivity contribution in [3.63, 3.8) is 0 Å². The van der Waals surface area contributed by atoms with Crippen LogP contribution in [-0.2, 0) is 12.8 Å². The number of hydrogen-bond acceptors (Lipinski definition) is 2. The first-order chi connectivity index (χ1) is 7.67. The van der Waals surface area contributed by atoms with E-state index in [4.69, 9.17) is 5.73 Å². The van der Waals surface area contributed by atoms with Gasteiger partial charge in [0.25, 0.3) is 0 Å². The molecule has 0 saturated heterocycles. The highest BCUT2D eigenvalue weighted by molar-refractivity contribution is 5.22. The summed E-state index contributed by atoms with van der Waals surface area (Å²) in [6.07, 6.45) is 3.81. The largest absolute Gasteiger partial charge is 0.403 e. The lowest BCUT2D eigenvalue weighted by atomic mass is 10.1. The summed E-state index contributed by atoms with van der Waals surface area (Å²) in [6.45, 7) is 6.27. The predicted molar refractivity (Wildman–Crippen MR) is 72.2 cm³/mol. The maximum Gasteiger partial charge on any atom is 0.0230 e. The van der Waals surface area contributed by atoms with Gasteiger partial charge in [-0.05, 0) is 30.9 Å². The third-order valence-corrected chi connectivity index (χ3v) is 2.48. The SMILES string of the molecule is CCc1ccc(CC)cc1.CN/C(C)=C\N. The van der Waals surface area contributed by atoms with Crippen LogP contribution in [0.25, 0.3) is 0 Å². The lowest BCUT2D eigenvalue weighted by Gasteiger charge is -1.97. The molecule has 90 valence electrons. The molecule has 0 spiro atoms. The Morgan fingerprint density at radius 1 is 1.12 bits per heavy atom. The minimum Gasteiger partial charge on any atom is -0.403 e. The molecule has 0 bridgehead atoms. The van der Waals surface area contributed by atoms with Crippen LogP contribution in [0.1, 0.15) is 31.9 Å². The van der Waals surface area contributed by atoms with Gasteiger partial charge in [0.15, 0.2) is 0 Å². The van der Waals surface area contributed by atoms with Crippen molar-refractivity contribution in [3.05, 3.63) is 47.3 Å². The lowest BCUT2D eigenvalue weighted by molar-refractivity contribution is 0.981. The Kier molecular flexibility index (Phi) is 8.04. The Morgan fingerprint density at radius 2 is 1.50 bits per heavy atom. The smallest absolute Gasteiger partial charge is 0.0230 e. The first-order valence-corrected chi connectivity index (χ1v) is 5.81. The maximum atomic E-state index is 5.06. The fourth-order valence-corrected chi connectivity index (χ4v) is 1.09. The summed E-state index contributed by atoms with van der Waals surface area (Å²) in [5, 5.41) is 2.85. The van der Waals surface area contributed by atoms with E-state index in [1.165, 1.54) is 17.3 Å². The summed E-state index contributed by atoms with van der Waals surface area (Å²) in [5.74, 6) is 0. The molecule has 0 aliphatic carbocycles. The summed E-state index contributed by atoms with van der Waals surface area (Å²) in [7, 11) is 1.83. The zero-order valence-corrected chi connectivity index (χ0v) is 10.9. The molecule has 0 aliphatic rings. The first kappa shape index (κ1) is 14.6. The molecule has 0 radical (unpaired) electrons. The van der Waals surface area contributed by atoms with Gasteiger partial charge < -0.3 is 11.1 Å². The number of nitrogens with one attached hydrogen (secondary N) is 1. The standard InChI is InChI=1S/C10H14.C4H10N2/c1-3-9-5-7-10(4-2)8-6-9;1-4(3-5)6-2/h5-8H,3-4H2,1-2H3;3,6H,5H2,1-2H3/b;4-3-.